The summed E-state index contributed by atoms with van der Waals surface area (Å²) in [6.07, 6.45) is 5.15. The third-order valence-corrected chi connectivity index (χ3v) is 3.20. The Morgan fingerprint density at radius 3 is 2.52 bits per heavy atom. The van der Waals surface area contributed by atoms with Crippen molar-refractivity contribution in [2.45, 2.75) is 6.54 Å². The molecule has 0 saturated heterocycles. The van der Waals surface area contributed by atoms with Gasteiger partial charge in [-0.05, 0) is 18.2 Å². The average molecular weight is 352 g/mol. The second kappa shape index (κ2) is 7.09. The fraction of sp³-hybridized carbons (Fsp3) is 0.125. The SMILES string of the molecule is C#CCOc1ccccc1CNc1c(F)cc(Br)cc1F. The van der Waals surface area contributed by atoms with Crippen molar-refractivity contribution in [2.24, 2.45) is 0 Å². The van der Waals surface area contributed by atoms with Gasteiger partial charge in [0.2, 0.25) is 0 Å². The first-order valence-corrected chi connectivity index (χ1v) is 6.93. The Morgan fingerprint density at radius 2 is 1.86 bits per heavy atom. The Kier molecular flexibility index (Phi) is 5.18. The minimum Gasteiger partial charge on any atom is -0.481 e. The molecular weight excluding hydrogens is 340 g/mol. The highest BCUT2D eigenvalue weighted by Gasteiger charge is 2.11. The standard InChI is InChI=1S/C16H12BrF2NO/c1-2-7-21-15-6-4-3-5-11(15)10-20-16-13(18)8-12(17)9-14(16)19/h1,3-6,8-9,20H,7,10H2. The summed E-state index contributed by atoms with van der Waals surface area (Å²) >= 11 is 3.04. The van der Waals surface area contributed by atoms with Gasteiger partial charge in [0.15, 0.2) is 0 Å². The lowest BCUT2D eigenvalue weighted by Crippen LogP contribution is -2.06. The summed E-state index contributed by atoms with van der Waals surface area (Å²) in [5, 5.41) is 2.74. The van der Waals surface area contributed by atoms with Gasteiger partial charge in [0.1, 0.15) is 29.7 Å². The van der Waals surface area contributed by atoms with Crippen molar-refractivity contribution in [1.82, 2.24) is 0 Å². The predicted octanol–water partition coefficient (Wildman–Crippen LogP) is 4.35. The van der Waals surface area contributed by atoms with Crippen molar-refractivity contribution < 1.29 is 13.5 Å². The Bertz CT molecular complexity index is 659. The molecule has 0 unspecified atom stereocenters. The topological polar surface area (TPSA) is 21.3 Å². The van der Waals surface area contributed by atoms with Crippen LogP contribution in [-0.2, 0) is 6.54 Å². The number of anilines is 1. The van der Waals surface area contributed by atoms with Gasteiger partial charge < -0.3 is 10.1 Å². The van der Waals surface area contributed by atoms with E-state index in [2.05, 4.69) is 27.2 Å². The molecule has 0 heterocycles. The van der Waals surface area contributed by atoms with Gasteiger partial charge in [-0.3, -0.25) is 0 Å². The molecule has 2 rings (SSSR count). The fourth-order valence-electron chi connectivity index (χ4n) is 1.80. The van der Waals surface area contributed by atoms with Gasteiger partial charge in [0, 0.05) is 16.6 Å². The lowest BCUT2D eigenvalue weighted by molar-refractivity contribution is 0.366. The van der Waals surface area contributed by atoms with Gasteiger partial charge >= 0.3 is 0 Å². The molecule has 0 aliphatic heterocycles. The molecule has 108 valence electrons. The molecule has 1 N–H and O–H groups in total. The smallest absolute Gasteiger partial charge is 0.150 e. The summed E-state index contributed by atoms with van der Waals surface area (Å²) < 4.78 is 33.2. The predicted molar refractivity (Wildman–Crippen MR) is 82.2 cm³/mol. The number of ether oxygens (including phenoxy) is 1. The number of hydrogen-bond donors (Lipinski definition) is 1. The zero-order chi connectivity index (χ0) is 15.2. The maximum atomic E-state index is 13.7. The van der Waals surface area contributed by atoms with Crippen LogP contribution < -0.4 is 10.1 Å². The van der Waals surface area contributed by atoms with Gasteiger partial charge in [-0.1, -0.05) is 40.0 Å². The van der Waals surface area contributed by atoms with E-state index in [4.69, 9.17) is 11.2 Å². The molecular formula is C16H12BrF2NO. The minimum atomic E-state index is -0.663. The second-order valence-corrected chi connectivity index (χ2v) is 5.11. The van der Waals surface area contributed by atoms with E-state index < -0.39 is 11.6 Å². The van der Waals surface area contributed by atoms with E-state index >= 15 is 0 Å². The highest BCUT2D eigenvalue weighted by molar-refractivity contribution is 9.10. The molecule has 0 amide bonds. The summed E-state index contributed by atoms with van der Waals surface area (Å²) in [5.74, 6) is 1.63. The zero-order valence-corrected chi connectivity index (χ0v) is 12.6. The van der Waals surface area contributed by atoms with E-state index in [0.717, 1.165) is 5.56 Å². The van der Waals surface area contributed by atoms with Crippen LogP contribution in [-0.4, -0.2) is 6.61 Å². The van der Waals surface area contributed by atoms with Crippen molar-refractivity contribution in [3.8, 4) is 18.1 Å². The minimum absolute atomic E-state index is 0.137. The van der Waals surface area contributed by atoms with Crippen LogP contribution in [0.4, 0.5) is 14.5 Å². The second-order valence-electron chi connectivity index (χ2n) is 4.20. The monoisotopic (exact) mass is 351 g/mol. The third-order valence-electron chi connectivity index (χ3n) is 2.75. The molecule has 0 bridgehead atoms. The van der Waals surface area contributed by atoms with E-state index in [1.807, 2.05) is 6.07 Å². The summed E-state index contributed by atoms with van der Waals surface area (Å²) in [7, 11) is 0. The van der Waals surface area contributed by atoms with Crippen molar-refractivity contribution in [3.63, 3.8) is 0 Å². The molecule has 0 fully saturated rings. The molecule has 0 spiro atoms. The maximum Gasteiger partial charge on any atom is 0.150 e. The molecule has 21 heavy (non-hydrogen) atoms. The average Bonchev–Trinajstić information content (AvgIpc) is 2.45. The highest BCUT2D eigenvalue weighted by atomic mass is 79.9. The van der Waals surface area contributed by atoms with Crippen LogP contribution in [0.3, 0.4) is 0 Å². The largest absolute Gasteiger partial charge is 0.481 e. The van der Waals surface area contributed by atoms with E-state index in [-0.39, 0.29) is 18.8 Å². The van der Waals surface area contributed by atoms with E-state index in [9.17, 15) is 8.78 Å². The van der Waals surface area contributed by atoms with Crippen LogP contribution in [0.2, 0.25) is 0 Å². The summed E-state index contributed by atoms with van der Waals surface area (Å²) in [6, 6.07) is 9.57. The normalized spacial score (nSPS) is 10.0. The Hall–Kier alpha value is -2.06. The molecule has 0 aliphatic carbocycles. The quantitative estimate of drug-likeness (QED) is 0.808. The molecule has 2 aromatic carbocycles. The van der Waals surface area contributed by atoms with Crippen LogP contribution >= 0.6 is 15.9 Å². The molecule has 2 aromatic rings. The van der Waals surface area contributed by atoms with Crippen molar-refractivity contribution >= 4 is 21.6 Å². The molecule has 0 atom stereocenters. The van der Waals surface area contributed by atoms with Crippen LogP contribution in [0, 0.1) is 24.0 Å². The number of terminal acetylenes is 1. The van der Waals surface area contributed by atoms with E-state index in [0.29, 0.717) is 10.2 Å². The van der Waals surface area contributed by atoms with Gasteiger partial charge in [-0.15, -0.1) is 6.42 Å². The number of nitrogens with one attached hydrogen (secondary N) is 1. The zero-order valence-electron chi connectivity index (χ0n) is 11.0. The number of halogens is 3. The fourth-order valence-corrected chi connectivity index (χ4v) is 2.21. The third kappa shape index (κ3) is 3.96. The molecule has 5 heteroatoms. The van der Waals surface area contributed by atoms with Gasteiger partial charge in [0.05, 0.1) is 0 Å². The van der Waals surface area contributed by atoms with Gasteiger partial charge in [-0.2, -0.15) is 0 Å². The highest BCUT2D eigenvalue weighted by Crippen LogP contribution is 2.25. The van der Waals surface area contributed by atoms with Crippen molar-refractivity contribution in [1.29, 1.82) is 0 Å². The number of para-hydroxylation sites is 1. The lowest BCUT2D eigenvalue weighted by Gasteiger charge is -2.12. The number of benzene rings is 2. The molecule has 0 radical (unpaired) electrons. The lowest BCUT2D eigenvalue weighted by atomic mass is 10.2. The summed E-state index contributed by atoms with van der Waals surface area (Å²) in [5.41, 5.74) is 0.583. The van der Waals surface area contributed by atoms with Crippen LogP contribution in [0.5, 0.6) is 5.75 Å². The summed E-state index contributed by atoms with van der Waals surface area (Å²) in [4.78, 5) is 0. The van der Waals surface area contributed by atoms with Crippen LogP contribution in [0.25, 0.3) is 0 Å². The first kappa shape index (κ1) is 15.3. The number of hydrogen-bond acceptors (Lipinski definition) is 2. The Balaban J connectivity index is 2.16. The van der Waals surface area contributed by atoms with Crippen molar-refractivity contribution in [2.75, 3.05) is 11.9 Å². The summed E-state index contributed by atoms with van der Waals surface area (Å²) in [6.45, 7) is 0.355. The van der Waals surface area contributed by atoms with Crippen LogP contribution in [0.1, 0.15) is 5.56 Å². The van der Waals surface area contributed by atoms with Gasteiger partial charge in [0.25, 0.3) is 0 Å². The van der Waals surface area contributed by atoms with Crippen LogP contribution in [0.15, 0.2) is 40.9 Å². The van der Waals surface area contributed by atoms with E-state index in [1.165, 1.54) is 12.1 Å². The first-order valence-electron chi connectivity index (χ1n) is 6.14. The first-order chi connectivity index (χ1) is 10.1. The maximum absolute atomic E-state index is 13.7. The van der Waals surface area contributed by atoms with Gasteiger partial charge in [-0.25, -0.2) is 8.78 Å². The van der Waals surface area contributed by atoms with E-state index in [1.54, 1.807) is 18.2 Å². The molecule has 0 aliphatic rings. The molecule has 0 saturated carbocycles. The van der Waals surface area contributed by atoms with Crippen molar-refractivity contribution in [3.05, 3.63) is 58.1 Å². The Labute approximate surface area is 130 Å². The Morgan fingerprint density at radius 1 is 1.19 bits per heavy atom. The molecule has 2 nitrogen and oxygen atoms in total. The number of rotatable bonds is 5. The molecule has 0 aromatic heterocycles.